The van der Waals surface area contributed by atoms with E-state index in [0.717, 1.165) is 0 Å². The minimum Gasteiger partial charge on any atom is -0.290 e. The molecule has 0 atom stereocenters. The van der Waals surface area contributed by atoms with Crippen LogP contribution in [0.2, 0.25) is 0 Å². The molecule has 1 aromatic heterocycles. The highest BCUT2D eigenvalue weighted by molar-refractivity contribution is 5.59. The van der Waals surface area contributed by atoms with Crippen molar-refractivity contribution in [3.8, 4) is 17.0 Å². The van der Waals surface area contributed by atoms with E-state index < -0.39 is 0 Å². The summed E-state index contributed by atoms with van der Waals surface area (Å²) in [5, 5.41) is 17.2. The Kier molecular flexibility index (Phi) is 2.02. The van der Waals surface area contributed by atoms with E-state index in [1.165, 1.54) is 18.2 Å². The number of hydrogen-bond donors (Lipinski definition) is 1. The van der Waals surface area contributed by atoms with Gasteiger partial charge in [-0.15, -0.1) is 0 Å². The molecule has 0 bridgehead atoms. The first kappa shape index (κ1) is 8.50. The van der Waals surface area contributed by atoms with Gasteiger partial charge in [-0.25, -0.2) is 5.10 Å². The zero-order chi connectivity index (χ0) is 9.97. The Hall–Kier alpha value is -2.10. The lowest BCUT2D eigenvalue weighted by Crippen LogP contribution is -2.05. The number of hydrogen-bond acceptors (Lipinski definition) is 2. The van der Waals surface area contributed by atoms with Crippen LogP contribution in [0.15, 0.2) is 41.2 Å². The van der Waals surface area contributed by atoms with Crippen molar-refractivity contribution in [1.82, 2.24) is 10.2 Å². The summed E-state index contributed by atoms with van der Waals surface area (Å²) >= 11 is 0. The van der Waals surface area contributed by atoms with E-state index in [1.807, 2.05) is 0 Å². The molecule has 2 rings (SSSR count). The molecule has 0 aliphatic carbocycles. The summed E-state index contributed by atoms with van der Waals surface area (Å²) in [5.41, 5.74) is 1.03. The highest BCUT2D eigenvalue weighted by atomic mass is 16.3. The first-order chi connectivity index (χ1) is 6.75. The molecule has 1 N–H and O–H groups in total. The molecule has 0 aliphatic heterocycles. The van der Waals surface area contributed by atoms with Crippen molar-refractivity contribution in [2.24, 2.45) is 0 Å². The van der Waals surface area contributed by atoms with Gasteiger partial charge in [-0.2, -0.15) is 5.10 Å². The molecule has 0 saturated carbocycles. The third-order valence-corrected chi connectivity index (χ3v) is 1.81. The Morgan fingerprint density at radius 1 is 1.14 bits per heavy atom. The van der Waals surface area contributed by atoms with Gasteiger partial charge in [-0.05, 0) is 18.2 Å². The first-order valence-electron chi connectivity index (χ1n) is 4.09. The molecule has 1 aromatic carbocycles. The van der Waals surface area contributed by atoms with Gasteiger partial charge in [-0.1, -0.05) is 12.1 Å². The molecular formula is C10H7N2O2. The van der Waals surface area contributed by atoms with Crippen molar-refractivity contribution in [2.45, 2.75) is 0 Å². The van der Waals surface area contributed by atoms with Gasteiger partial charge in [-0.3, -0.25) is 9.90 Å². The maximum Gasteiger partial charge on any atom is 0.264 e. The van der Waals surface area contributed by atoms with Crippen molar-refractivity contribution in [1.29, 1.82) is 0 Å². The SMILES string of the molecule is [O]c1cccc(-c2ccc(=O)[nH]n2)c1. The van der Waals surface area contributed by atoms with Gasteiger partial charge >= 0.3 is 0 Å². The summed E-state index contributed by atoms with van der Waals surface area (Å²) in [4.78, 5) is 10.7. The first-order valence-corrected chi connectivity index (χ1v) is 4.09. The maximum absolute atomic E-state index is 11.0. The summed E-state index contributed by atoms with van der Waals surface area (Å²) in [6.07, 6.45) is 0. The number of aromatic nitrogens is 2. The van der Waals surface area contributed by atoms with Gasteiger partial charge in [0.05, 0.1) is 5.69 Å². The topological polar surface area (TPSA) is 65.7 Å². The van der Waals surface area contributed by atoms with Crippen molar-refractivity contribution in [3.63, 3.8) is 0 Å². The molecular weight excluding hydrogens is 180 g/mol. The normalized spacial score (nSPS) is 10.0. The van der Waals surface area contributed by atoms with Gasteiger partial charge in [0.2, 0.25) is 0 Å². The number of nitrogens with one attached hydrogen (secondary N) is 1. The molecule has 4 nitrogen and oxygen atoms in total. The molecule has 1 heterocycles. The second kappa shape index (κ2) is 3.33. The van der Waals surface area contributed by atoms with Crippen LogP contribution in [0, 0.1) is 0 Å². The molecule has 0 spiro atoms. The largest absolute Gasteiger partial charge is 0.290 e. The number of aromatic amines is 1. The number of rotatable bonds is 1. The van der Waals surface area contributed by atoms with Crippen molar-refractivity contribution >= 4 is 0 Å². The standard InChI is InChI=1S/C10H7N2O2/c13-8-3-1-2-7(6-8)9-4-5-10(14)12-11-9/h1-6H,(H,12,14). The Morgan fingerprint density at radius 3 is 2.64 bits per heavy atom. The Morgan fingerprint density at radius 2 is 2.00 bits per heavy atom. The zero-order valence-corrected chi connectivity index (χ0v) is 7.23. The van der Waals surface area contributed by atoms with E-state index in [0.29, 0.717) is 11.3 Å². The van der Waals surface area contributed by atoms with Crippen LogP contribution in [0.1, 0.15) is 0 Å². The predicted molar refractivity (Wildman–Crippen MR) is 50.4 cm³/mol. The fourth-order valence-corrected chi connectivity index (χ4v) is 1.16. The lowest BCUT2D eigenvalue weighted by Gasteiger charge is -1.98. The second-order valence-electron chi connectivity index (χ2n) is 2.83. The van der Waals surface area contributed by atoms with E-state index >= 15 is 0 Å². The van der Waals surface area contributed by atoms with Crippen LogP contribution in [0.4, 0.5) is 0 Å². The van der Waals surface area contributed by atoms with Crippen LogP contribution in [-0.4, -0.2) is 10.2 Å². The highest BCUT2D eigenvalue weighted by Gasteiger charge is 2.00. The Balaban J connectivity index is 2.49. The molecule has 69 valence electrons. The summed E-state index contributed by atoms with van der Waals surface area (Å²) in [5.74, 6) is -0.0736. The van der Waals surface area contributed by atoms with E-state index in [4.69, 9.17) is 0 Å². The summed E-state index contributed by atoms with van der Waals surface area (Å²) in [6.45, 7) is 0. The summed E-state index contributed by atoms with van der Waals surface area (Å²) in [7, 11) is 0. The van der Waals surface area contributed by atoms with Crippen LogP contribution < -0.4 is 5.56 Å². The highest BCUT2D eigenvalue weighted by Crippen LogP contribution is 2.20. The molecule has 0 aliphatic rings. The number of H-pyrrole nitrogens is 1. The second-order valence-corrected chi connectivity index (χ2v) is 2.83. The fraction of sp³-hybridized carbons (Fsp3) is 0. The Labute approximate surface area is 79.9 Å². The van der Waals surface area contributed by atoms with E-state index in [9.17, 15) is 9.90 Å². The van der Waals surface area contributed by atoms with Gasteiger partial charge < -0.3 is 0 Å². The monoisotopic (exact) mass is 187 g/mol. The number of benzene rings is 1. The van der Waals surface area contributed by atoms with Crippen molar-refractivity contribution in [2.75, 3.05) is 0 Å². The Bertz CT molecular complexity index is 485. The fourth-order valence-electron chi connectivity index (χ4n) is 1.16. The molecule has 0 fully saturated rings. The molecule has 1 radical (unpaired) electrons. The van der Waals surface area contributed by atoms with Gasteiger partial charge in [0, 0.05) is 11.6 Å². The zero-order valence-electron chi connectivity index (χ0n) is 7.23. The van der Waals surface area contributed by atoms with Crippen LogP contribution in [0.3, 0.4) is 0 Å². The van der Waals surface area contributed by atoms with Crippen LogP contribution in [0.5, 0.6) is 5.75 Å². The van der Waals surface area contributed by atoms with Crippen LogP contribution in [-0.2, 0) is 5.11 Å². The third-order valence-electron chi connectivity index (χ3n) is 1.81. The van der Waals surface area contributed by atoms with Crippen LogP contribution in [0.25, 0.3) is 11.3 Å². The molecule has 0 unspecified atom stereocenters. The summed E-state index contributed by atoms with van der Waals surface area (Å²) < 4.78 is 0. The van der Waals surface area contributed by atoms with E-state index in [1.54, 1.807) is 18.2 Å². The molecule has 0 saturated heterocycles. The predicted octanol–water partition coefficient (Wildman–Crippen LogP) is 1.58. The minimum atomic E-state index is -0.257. The molecule has 2 aromatic rings. The van der Waals surface area contributed by atoms with Gasteiger partial charge in [0.15, 0.2) is 5.75 Å². The smallest absolute Gasteiger partial charge is 0.264 e. The average Bonchev–Trinajstić information content (AvgIpc) is 2.19. The van der Waals surface area contributed by atoms with E-state index in [2.05, 4.69) is 10.2 Å². The van der Waals surface area contributed by atoms with Gasteiger partial charge in [0.25, 0.3) is 5.56 Å². The van der Waals surface area contributed by atoms with Crippen molar-refractivity contribution in [3.05, 3.63) is 46.8 Å². The summed E-state index contributed by atoms with van der Waals surface area (Å²) in [6, 6.07) is 9.32. The lowest BCUT2D eigenvalue weighted by molar-refractivity contribution is 0.355. The van der Waals surface area contributed by atoms with Crippen molar-refractivity contribution < 1.29 is 5.11 Å². The molecule has 14 heavy (non-hydrogen) atoms. The quantitative estimate of drug-likeness (QED) is 0.736. The lowest BCUT2D eigenvalue weighted by atomic mass is 10.1. The minimum absolute atomic E-state index is 0.0736. The number of nitrogens with zero attached hydrogens (tertiary/aromatic N) is 1. The van der Waals surface area contributed by atoms with E-state index in [-0.39, 0.29) is 11.3 Å². The average molecular weight is 187 g/mol. The molecule has 0 amide bonds. The maximum atomic E-state index is 11.0. The van der Waals surface area contributed by atoms with Crippen LogP contribution >= 0.6 is 0 Å². The molecule has 4 heteroatoms. The van der Waals surface area contributed by atoms with Gasteiger partial charge in [0.1, 0.15) is 0 Å². The third kappa shape index (κ3) is 1.64.